The van der Waals surface area contributed by atoms with Crippen molar-refractivity contribution in [3.63, 3.8) is 0 Å². The lowest BCUT2D eigenvalue weighted by Crippen LogP contribution is -2.18. The Hall–Kier alpha value is -5.04. The van der Waals surface area contributed by atoms with Gasteiger partial charge in [-0.3, -0.25) is 4.57 Å². The third kappa shape index (κ3) is 7.86. The van der Waals surface area contributed by atoms with Crippen molar-refractivity contribution in [1.82, 2.24) is 19.3 Å². The molecule has 0 aliphatic carbocycles. The van der Waals surface area contributed by atoms with Crippen LogP contribution in [0.15, 0.2) is 88.4 Å². The Morgan fingerprint density at radius 1 is 0.979 bits per heavy atom. The monoisotopic (exact) mass is 662 g/mol. The number of urea groups is 1. The summed E-state index contributed by atoms with van der Waals surface area (Å²) in [6.07, 6.45) is -3.28. The summed E-state index contributed by atoms with van der Waals surface area (Å²) < 4.78 is 50.2. The lowest BCUT2D eigenvalue weighted by Gasteiger charge is -2.16. The van der Waals surface area contributed by atoms with E-state index in [0.29, 0.717) is 27.8 Å². The second-order valence-corrected chi connectivity index (χ2v) is 12.0. The Balaban J connectivity index is 1.32. The zero-order valence-electron chi connectivity index (χ0n) is 26.6. The fourth-order valence-corrected chi connectivity index (χ4v) is 5.79. The van der Waals surface area contributed by atoms with E-state index in [2.05, 4.69) is 38.7 Å². The normalized spacial score (nSPS) is 13.2. The number of rotatable bonds is 8. The molecular formula is C34H33F3N6O3S. The first-order chi connectivity index (χ1) is 22.3. The molecule has 0 fully saturated rings. The number of carbonyl (C=O) groups is 1. The summed E-state index contributed by atoms with van der Waals surface area (Å²) >= 11 is 1.37. The summed E-state index contributed by atoms with van der Waals surface area (Å²) in [5.74, 6) is 0.905. The Labute approximate surface area is 273 Å². The van der Waals surface area contributed by atoms with Gasteiger partial charge in [0.25, 0.3) is 0 Å². The van der Waals surface area contributed by atoms with Crippen molar-refractivity contribution in [2.24, 2.45) is 9.98 Å². The molecule has 244 valence electrons. The quantitative estimate of drug-likeness (QED) is 0.156. The molecule has 5 aromatic rings. The lowest BCUT2D eigenvalue weighted by molar-refractivity contribution is -0.274. The predicted molar refractivity (Wildman–Crippen MR) is 175 cm³/mol. The van der Waals surface area contributed by atoms with Gasteiger partial charge in [-0.15, -0.1) is 29.6 Å². The number of alkyl halides is 3. The van der Waals surface area contributed by atoms with Crippen LogP contribution < -0.4 is 14.3 Å². The van der Waals surface area contributed by atoms with Crippen LogP contribution in [-0.4, -0.2) is 44.5 Å². The summed E-state index contributed by atoms with van der Waals surface area (Å²) in [6.45, 7) is 9.96. The van der Waals surface area contributed by atoms with Gasteiger partial charge in [0, 0.05) is 34.3 Å². The Bertz CT molecular complexity index is 1970. The molecule has 0 bridgehead atoms. The standard InChI is InChI=1S/C34H33F3N6O3S/c1-20(2)29-16-15-28(45-6)17-30(29)43-21(3)18-47-33(43)40-32(44)39-23(5)22(4)24-7-9-25(10-8-24)31-38-19-42(41-31)26-11-13-27(14-12-26)46-34(35,36)37/h7-20,22H,1-6H3. The van der Waals surface area contributed by atoms with E-state index in [1.165, 1.54) is 46.6 Å². The van der Waals surface area contributed by atoms with Gasteiger partial charge >= 0.3 is 12.4 Å². The van der Waals surface area contributed by atoms with Crippen molar-refractivity contribution in [2.75, 3.05) is 7.11 Å². The molecule has 2 heterocycles. The smallest absolute Gasteiger partial charge is 0.497 e. The molecule has 9 nitrogen and oxygen atoms in total. The predicted octanol–water partition coefficient (Wildman–Crippen LogP) is 8.41. The first-order valence-corrected chi connectivity index (χ1v) is 15.6. The maximum Gasteiger partial charge on any atom is 0.573 e. The summed E-state index contributed by atoms with van der Waals surface area (Å²) in [5, 5.41) is 6.41. The van der Waals surface area contributed by atoms with Crippen LogP contribution in [-0.2, 0) is 0 Å². The Morgan fingerprint density at radius 3 is 2.30 bits per heavy atom. The highest BCUT2D eigenvalue weighted by atomic mass is 32.1. The number of carbonyl (C=O) groups excluding carboxylic acids is 1. The number of benzene rings is 3. The number of ether oxygens (including phenoxy) is 2. The Morgan fingerprint density at radius 2 is 1.66 bits per heavy atom. The van der Waals surface area contributed by atoms with E-state index in [9.17, 15) is 18.0 Å². The summed E-state index contributed by atoms with van der Waals surface area (Å²) in [5.41, 5.74) is 5.77. The van der Waals surface area contributed by atoms with Crippen LogP contribution in [0.3, 0.4) is 0 Å². The molecule has 47 heavy (non-hydrogen) atoms. The number of aromatic nitrogens is 4. The van der Waals surface area contributed by atoms with Gasteiger partial charge in [0.15, 0.2) is 10.6 Å². The minimum Gasteiger partial charge on any atom is -0.497 e. The molecule has 2 amide bonds. The van der Waals surface area contributed by atoms with Crippen molar-refractivity contribution < 1.29 is 27.4 Å². The second kappa shape index (κ2) is 13.8. The number of methoxy groups -OCH3 is 1. The number of thiazole rings is 1. The highest BCUT2D eigenvalue weighted by Crippen LogP contribution is 2.28. The van der Waals surface area contributed by atoms with E-state index >= 15 is 0 Å². The zero-order chi connectivity index (χ0) is 33.9. The molecule has 1 atom stereocenters. The van der Waals surface area contributed by atoms with E-state index < -0.39 is 12.4 Å². The zero-order valence-corrected chi connectivity index (χ0v) is 27.4. The molecule has 2 aromatic heterocycles. The van der Waals surface area contributed by atoms with Crippen LogP contribution in [0.2, 0.25) is 0 Å². The number of halogens is 3. The fourth-order valence-electron chi connectivity index (χ4n) is 4.93. The van der Waals surface area contributed by atoms with Gasteiger partial charge < -0.3 is 9.47 Å². The minimum absolute atomic E-state index is 0.172. The SMILES string of the molecule is COc1ccc(C(C)C)c(-n2c(C)csc2=NC(=O)N=C(C)C(C)c2ccc(-c3ncn(-c4ccc(OC(F)(F)F)cc4)n3)cc2)c1. The summed E-state index contributed by atoms with van der Waals surface area (Å²) in [4.78, 5) is 26.6. The molecule has 0 aliphatic heterocycles. The molecule has 13 heteroatoms. The van der Waals surface area contributed by atoms with Crippen molar-refractivity contribution in [3.8, 4) is 34.3 Å². The van der Waals surface area contributed by atoms with Crippen molar-refractivity contribution in [1.29, 1.82) is 0 Å². The number of aliphatic imine (C=N–C) groups is 1. The van der Waals surface area contributed by atoms with Crippen molar-refractivity contribution in [2.45, 2.75) is 52.8 Å². The largest absolute Gasteiger partial charge is 0.573 e. The topological polar surface area (TPSA) is 95.9 Å². The van der Waals surface area contributed by atoms with E-state index in [0.717, 1.165) is 28.1 Å². The van der Waals surface area contributed by atoms with Crippen LogP contribution in [0, 0.1) is 6.92 Å². The minimum atomic E-state index is -4.76. The molecule has 5 rings (SSSR count). The number of nitrogens with zero attached hydrogens (tertiary/aromatic N) is 6. The second-order valence-electron chi connectivity index (χ2n) is 11.1. The maximum atomic E-state index is 13.1. The van der Waals surface area contributed by atoms with Crippen LogP contribution in [0.5, 0.6) is 11.5 Å². The van der Waals surface area contributed by atoms with E-state index in [4.69, 9.17) is 4.74 Å². The van der Waals surface area contributed by atoms with Gasteiger partial charge in [0.05, 0.1) is 18.5 Å². The molecule has 0 spiro atoms. The highest BCUT2D eigenvalue weighted by molar-refractivity contribution is 7.07. The molecule has 1 unspecified atom stereocenters. The third-order valence-corrected chi connectivity index (χ3v) is 8.51. The van der Waals surface area contributed by atoms with Gasteiger partial charge in [0.1, 0.15) is 17.8 Å². The van der Waals surface area contributed by atoms with Crippen LogP contribution >= 0.6 is 11.3 Å². The summed E-state index contributed by atoms with van der Waals surface area (Å²) in [6, 6.07) is 18.2. The highest BCUT2D eigenvalue weighted by Gasteiger charge is 2.31. The van der Waals surface area contributed by atoms with Crippen molar-refractivity contribution in [3.05, 3.63) is 100 Å². The molecule has 0 aliphatic rings. The Kier molecular flexibility index (Phi) is 9.75. The van der Waals surface area contributed by atoms with Crippen LogP contribution in [0.25, 0.3) is 22.8 Å². The van der Waals surface area contributed by atoms with Gasteiger partial charge in [-0.2, -0.15) is 4.99 Å². The van der Waals surface area contributed by atoms with Gasteiger partial charge in [0.2, 0.25) is 0 Å². The first-order valence-electron chi connectivity index (χ1n) is 14.7. The van der Waals surface area contributed by atoms with E-state index in [1.807, 2.05) is 66.3 Å². The van der Waals surface area contributed by atoms with E-state index in [1.54, 1.807) is 14.0 Å². The van der Waals surface area contributed by atoms with Gasteiger partial charge in [-0.05, 0) is 61.2 Å². The lowest BCUT2D eigenvalue weighted by atomic mass is 9.96. The van der Waals surface area contributed by atoms with Gasteiger partial charge in [-0.1, -0.05) is 51.1 Å². The average molecular weight is 663 g/mol. The summed E-state index contributed by atoms with van der Waals surface area (Å²) in [7, 11) is 1.62. The fraction of sp³-hybridized carbons (Fsp3) is 0.265. The molecular weight excluding hydrogens is 629 g/mol. The number of hydrogen-bond acceptors (Lipinski definition) is 6. The maximum absolute atomic E-state index is 13.1. The average Bonchev–Trinajstić information content (AvgIpc) is 3.67. The number of aryl methyl sites for hydroxylation is 1. The molecule has 0 N–H and O–H groups in total. The molecule has 0 saturated heterocycles. The molecule has 0 saturated carbocycles. The number of amides is 2. The van der Waals surface area contributed by atoms with Gasteiger partial charge in [-0.25, -0.2) is 19.5 Å². The van der Waals surface area contributed by atoms with Crippen molar-refractivity contribution >= 4 is 23.1 Å². The third-order valence-electron chi connectivity index (χ3n) is 7.56. The van der Waals surface area contributed by atoms with E-state index in [-0.39, 0.29) is 17.6 Å². The molecule has 0 radical (unpaired) electrons. The first kappa shape index (κ1) is 33.3. The number of hydrogen-bond donors (Lipinski definition) is 0. The van der Waals surface area contributed by atoms with Crippen LogP contribution in [0.4, 0.5) is 18.0 Å². The van der Waals surface area contributed by atoms with Crippen LogP contribution in [0.1, 0.15) is 56.4 Å². The molecule has 3 aromatic carbocycles.